The van der Waals surface area contributed by atoms with Crippen LogP contribution < -0.4 is 10.1 Å². The lowest BCUT2D eigenvalue weighted by atomic mass is 9.92. The van der Waals surface area contributed by atoms with Crippen LogP contribution in [-0.4, -0.2) is 29.8 Å². The first-order chi connectivity index (χ1) is 7.73. The molecule has 4 nitrogen and oxygen atoms in total. The number of para-hydroxylation sites is 1. The van der Waals surface area contributed by atoms with Gasteiger partial charge in [-0.3, -0.25) is 0 Å². The fourth-order valence-corrected chi connectivity index (χ4v) is 1.90. The summed E-state index contributed by atoms with van der Waals surface area (Å²) in [6.07, 6.45) is 0.994. The van der Waals surface area contributed by atoms with Gasteiger partial charge in [0.05, 0.1) is 0 Å². The van der Waals surface area contributed by atoms with Gasteiger partial charge in [0.2, 0.25) is 5.60 Å². The quantitative estimate of drug-likeness (QED) is 0.865. The molecule has 17 heavy (non-hydrogen) atoms. The number of piperidine rings is 1. The lowest BCUT2D eigenvalue weighted by molar-refractivity contribution is -0.157. The average Bonchev–Trinajstić information content (AvgIpc) is 2.31. The first-order valence-electron chi connectivity index (χ1n) is 5.41. The maximum absolute atomic E-state index is 11.3. The van der Waals surface area contributed by atoms with Gasteiger partial charge in [0, 0.05) is 12.8 Å². The number of hydrogen-bond donors (Lipinski definition) is 2. The van der Waals surface area contributed by atoms with Crippen molar-refractivity contribution in [1.82, 2.24) is 5.32 Å². The van der Waals surface area contributed by atoms with Gasteiger partial charge in [-0.25, -0.2) is 4.79 Å². The molecule has 1 aromatic rings. The highest BCUT2D eigenvalue weighted by molar-refractivity contribution is 5.85. The van der Waals surface area contributed by atoms with Gasteiger partial charge in [-0.1, -0.05) is 18.2 Å². The molecule has 1 aromatic carbocycles. The van der Waals surface area contributed by atoms with Crippen LogP contribution in [0.1, 0.15) is 12.8 Å². The van der Waals surface area contributed by atoms with Crippen molar-refractivity contribution < 1.29 is 14.6 Å². The number of carboxylic acids is 1. The van der Waals surface area contributed by atoms with Crippen LogP contribution in [-0.2, 0) is 4.79 Å². The van der Waals surface area contributed by atoms with Gasteiger partial charge >= 0.3 is 5.97 Å². The van der Waals surface area contributed by atoms with Crippen LogP contribution in [0.4, 0.5) is 0 Å². The molecule has 94 valence electrons. The zero-order valence-electron chi connectivity index (χ0n) is 9.39. The van der Waals surface area contributed by atoms with Crippen molar-refractivity contribution >= 4 is 18.4 Å². The van der Waals surface area contributed by atoms with Crippen molar-refractivity contribution in [3.05, 3.63) is 30.3 Å². The number of carbonyl (C=O) groups is 1. The second-order valence-corrected chi connectivity index (χ2v) is 3.96. The molecule has 0 aromatic heterocycles. The average molecular weight is 258 g/mol. The topological polar surface area (TPSA) is 58.6 Å². The highest BCUT2D eigenvalue weighted by atomic mass is 35.5. The van der Waals surface area contributed by atoms with E-state index in [0.29, 0.717) is 31.7 Å². The predicted octanol–water partition coefficient (Wildman–Crippen LogP) is 1.69. The molecule has 2 N–H and O–H groups in total. The van der Waals surface area contributed by atoms with Gasteiger partial charge in [0.15, 0.2) is 0 Å². The van der Waals surface area contributed by atoms with Crippen LogP contribution >= 0.6 is 12.4 Å². The Hall–Kier alpha value is -1.26. The molecule has 2 rings (SSSR count). The summed E-state index contributed by atoms with van der Waals surface area (Å²) in [5.41, 5.74) is -1.06. The number of halogens is 1. The lowest BCUT2D eigenvalue weighted by Crippen LogP contribution is -2.52. The second kappa shape index (κ2) is 5.89. The molecular weight excluding hydrogens is 242 g/mol. The highest BCUT2D eigenvalue weighted by Gasteiger charge is 2.42. The molecule has 1 saturated heterocycles. The smallest absolute Gasteiger partial charge is 0.348 e. The van der Waals surface area contributed by atoms with E-state index in [2.05, 4.69) is 5.32 Å². The van der Waals surface area contributed by atoms with Gasteiger partial charge < -0.3 is 15.2 Å². The minimum absolute atomic E-state index is 0. The number of carboxylic acid groups (broad SMARTS) is 1. The highest BCUT2D eigenvalue weighted by Crippen LogP contribution is 2.26. The van der Waals surface area contributed by atoms with Crippen LogP contribution in [0, 0.1) is 0 Å². The van der Waals surface area contributed by atoms with Crippen molar-refractivity contribution in [1.29, 1.82) is 0 Å². The van der Waals surface area contributed by atoms with Gasteiger partial charge in [0.1, 0.15) is 5.75 Å². The van der Waals surface area contributed by atoms with Crippen molar-refractivity contribution in [2.75, 3.05) is 13.1 Å². The largest absolute Gasteiger partial charge is 0.478 e. The van der Waals surface area contributed by atoms with E-state index in [1.54, 1.807) is 12.1 Å². The summed E-state index contributed by atoms with van der Waals surface area (Å²) in [6.45, 7) is 1.36. The summed E-state index contributed by atoms with van der Waals surface area (Å²) in [6, 6.07) is 9.13. The molecule has 0 amide bonds. The summed E-state index contributed by atoms with van der Waals surface area (Å²) in [4.78, 5) is 11.3. The molecule has 0 saturated carbocycles. The third-order valence-electron chi connectivity index (χ3n) is 2.86. The van der Waals surface area contributed by atoms with Crippen LogP contribution in [0.5, 0.6) is 5.75 Å². The number of ether oxygens (including phenoxy) is 1. The fourth-order valence-electron chi connectivity index (χ4n) is 1.90. The first kappa shape index (κ1) is 13.8. The maximum atomic E-state index is 11.3. The van der Waals surface area contributed by atoms with E-state index < -0.39 is 11.6 Å². The van der Waals surface area contributed by atoms with Crippen molar-refractivity contribution in [2.45, 2.75) is 18.4 Å². The van der Waals surface area contributed by atoms with Gasteiger partial charge in [0.25, 0.3) is 0 Å². The Balaban J connectivity index is 0.00000144. The van der Waals surface area contributed by atoms with Crippen molar-refractivity contribution in [3.63, 3.8) is 0 Å². The zero-order valence-corrected chi connectivity index (χ0v) is 10.2. The molecule has 0 unspecified atom stereocenters. The Morgan fingerprint density at radius 1 is 1.24 bits per heavy atom. The molecule has 0 atom stereocenters. The van der Waals surface area contributed by atoms with E-state index in [9.17, 15) is 9.90 Å². The van der Waals surface area contributed by atoms with Gasteiger partial charge in [-0.2, -0.15) is 0 Å². The van der Waals surface area contributed by atoms with E-state index in [0.717, 1.165) is 0 Å². The van der Waals surface area contributed by atoms with Crippen molar-refractivity contribution in [3.8, 4) is 5.75 Å². The molecule has 1 aliphatic rings. The van der Waals surface area contributed by atoms with E-state index in [-0.39, 0.29) is 12.4 Å². The number of benzene rings is 1. The predicted molar refractivity (Wildman–Crippen MR) is 66.8 cm³/mol. The lowest BCUT2D eigenvalue weighted by Gasteiger charge is -2.34. The van der Waals surface area contributed by atoms with Crippen LogP contribution in [0.15, 0.2) is 30.3 Å². The number of hydrogen-bond acceptors (Lipinski definition) is 3. The van der Waals surface area contributed by atoms with E-state index >= 15 is 0 Å². The molecule has 0 bridgehead atoms. The van der Waals surface area contributed by atoms with Crippen LogP contribution in [0.2, 0.25) is 0 Å². The SMILES string of the molecule is Cl.O=C(O)C1(Oc2ccccc2)CCNCC1. The minimum atomic E-state index is -1.06. The summed E-state index contributed by atoms with van der Waals surface area (Å²) in [5.74, 6) is -0.260. The molecule has 0 radical (unpaired) electrons. The third kappa shape index (κ3) is 3.11. The maximum Gasteiger partial charge on any atom is 0.348 e. The van der Waals surface area contributed by atoms with Crippen molar-refractivity contribution in [2.24, 2.45) is 0 Å². The Morgan fingerprint density at radius 3 is 2.35 bits per heavy atom. The second-order valence-electron chi connectivity index (χ2n) is 3.96. The summed E-state index contributed by atoms with van der Waals surface area (Å²) < 4.78 is 5.66. The molecule has 1 aliphatic heterocycles. The molecule has 1 heterocycles. The van der Waals surface area contributed by atoms with E-state index in [4.69, 9.17) is 4.74 Å². The Morgan fingerprint density at radius 2 is 1.82 bits per heavy atom. The Labute approximate surface area is 106 Å². The monoisotopic (exact) mass is 257 g/mol. The van der Waals surface area contributed by atoms with E-state index in [1.807, 2.05) is 18.2 Å². The fraction of sp³-hybridized carbons (Fsp3) is 0.417. The standard InChI is InChI=1S/C12H15NO3.ClH/c14-11(15)12(6-8-13-9-7-12)16-10-4-2-1-3-5-10;/h1-5,13H,6-9H2,(H,14,15);1H. The summed E-state index contributed by atoms with van der Waals surface area (Å²) >= 11 is 0. The van der Waals surface area contributed by atoms with Gasteiger partial charge in [-0.15, -0.1) is 12.4 Å². The molecule has 1 fully saturated rings. The van der Waals surface area contributed by atoms with Gasteiger partial charge in [-0.05, 0) is 25.2 Å². The third-order valence-corrected chi connectivity index (χ3v) is 2.86. The molecule has 5 heteroatoms. The molecular formula is C12H16ClNO3. The summed E-state index contributed by atoms with van der Waals surface area (Å²) in [7, 11) is 0. The van der Waals surface area contributed by atoms with Crippen LogP contribution in [0.25, 0.3) is 0 Å². The Kier molecular flexibility index (Phi) is 4.78. The number of rotatable bonds is 3. The first-order valence-corrected chi connectivity index (χ1v) is 5.41. The minimum Gasteiger partial charge on any atom is -0.478 e. The normalized spacial score (nSPS) is 17.9. The number of nitrogens with one attached hydrogen (secondary N) is 1. The Bertz CT molecular complexity index is 363. The van der Waals surface area contributed by atoms with Crippen LogP contribution in [0.3, 0.4) is 0 Å². The zero-order chi connectivity index (χ0) is 11.4. The molecule has 0 spiro atoms. The summed E-state index contributed by atoms with van der Waals surface area (Å²) in [5, 5.41) is 12.4. The van der Waals surface area contributed by atoms with E-state index in [1.165, 1.54) is 0 Å². The molecule has 0 aliphatic carbocycles. The number of aliphatic carboxylic acids is 1.